The minimum absolute atomic E-state index is 0.106. The highest BCUT2D eigenvalue weighted by Crippen LogP contribution is 2.45. The normalized spacial score (nSPS) is 13.9. The zero-order valence-corrected chi connectivity index (χ0v) is 63.6. The maximum absolute atomic E-state index is 13.1. The summed E-state index contributed by atoms with van der Waals surface area (Å²) in [6.45, 7) is 7.26. The van der Waals surface area contributed by atoms with Crippen LogP contribution in [0.4, 0.5) is 0 Å². The second-order valence-corrected chi connectivity index (χ2v) is 30.8. The van der Waals surface area contributed by atoms with Crippen molar-refractivity contribution in [3.05, 3.63) is 0 Å². The Labute approximate surface area is 581 Å². The van der Waals surface area contributed by atoms with Crippen molar-refractivity contribution in [1.29, 1.82) is 0 Å². The Hall–Kier alpha value is -1.94. The van der Waals surface area contributed by atoms with Crippen molar-refractivity contribution in [2.24, 2.45) is 5.92 Å². The molecule has 0 heterocycles. The smallest absolute Gasteiger partial charge is 0.462 e. The average molecular weight is 1400 g/mol. The number of aliphatic hydroxyl groups is 1. The Morgan fingerprint density at radius 2 is 0.484 bits per heavy atom. The molecule has 17 nitrogen and oxygen atoms in total. The molecule has 0 bridgehead atoms. The van der Waals surface area contributed by atoms with E-state index in [9.17, 15) is 43.2 Å². The highest BCUT2D eigenvalue weighted by Gasteiger charge is 2.30. The lowest BCUT2D eigenvalue weighted by Crippen LogP contribution is -2.30. The Bertz CT molecular complexity index is 1820. The quantitative estimate of drug-likeness (QED) is 0.0222. The van der Waals surface area contributed by atoms with E-state index in [1.165, 1.54) is 225 Å². The first kappa shape index (κ1) is 93.1. The molecule has 0 aliphatic carbocycles. The third kappa shape index (κ3) is 70.3. The molecule has 0 amide bonds. The van der Waals surface area contributed by atoms with Crippen LogP contribution in [0.25, 0.3) is 0 Å². The molecule has 0 aromatic rings. The van der Waals surface area contributed by atoms with Gasteiger partial charge in [-0.05, 0) is 31.6 Å². The van der Waals surface area contributed by atoms with Crippen molar-refractivity contribution in [1.82, 2.24) is 0 Å². The van der Waals surface area contributed by atoms with Gasteiger partial charge in [0.05, 0.1) is 26.4 Å². The van der Waals surface area contributed by atoms with Gasteiger partial charge in [-0.15, -0.1) is 0 Å². The second kappa shape index (κ2) is 69.2. The lowest BCUT2D eigenvalue weighted by molar-refractivity contribution is -0.161. The maximum Gasteiger partial charge on any atom is 0.472 e. The highest BCUT2D eigenvalue weighted by molar-refractivity contribution is 7.47. The third-order valence-electron chi connectivity index (χ3n) is 17.8. The molecule has 564 valence electrons. The zero-order valence-electron chi connectivity index (χ0n) is 61.8. The number of esters is 4. The van der Waals surface area contributed by atoms with Crippen LogP contribution in [0.15, 0.2) is 0 Å². The van der Waals surface area contributed by atoms with E-state index < -0.39 is 97.5 Å². The number of hydrogen-bond acceptors (Lipinski definition) is 15. The molecule has 2 unspecified atom stereocenters. The molecule has 0 radical (unpaired) electrons. The van der Waals surface area contributed by atoms with Crippen molar-refractivity contribution in [3.63, 3.8) is 0 Å². The van der Waals surface area contributed by atoms with Crippen molar-refractivity contribution < 1.29 is 80.2 Å². The SMILES string of the molecule is CCCCCCCCCCCCCCCCCCCCCCCCC(=O)O[C@H](COC(=O)CCCCCCCCCCCCCCC(C)C)COP(=O)(O)OC[C@@H](O)COP(=O)(O)OC[C@@H](COC(=O)CCCCCCCCCCC)OC(=O)CCCCCCCCCCC. The minimum atomic E-state index is -4.96. The van der Waals surface area contributed by atoms with E-state index in [-0.39, 0.29) is 25.7 Å². The van der Waals surface area contributed by atoms with Crippen LogP contribution in [0.5, 0.6) is 0 Å². The summed E-state index contributed by atoms with van der Waals surface area (Å²) in [5.41, 5.74) is 0. The van der Waals surface area contributed by atoms with Crippen LogP contribution in [0.2, 0.25) is 0 Å². The van der Waals surface area contributed by atoms with Crippen LogP contribution in [-0.4, -0.2) is 96.7 Å². The molecule has 0 aromatic heterocycles. The Balaban J connectivity index is 5.15. The topological polar surface area (TPSA) is 237 Å². The zero-order chi connectivity index (χ0) is 69.8. The molecule has 0 saturated carbocycles. The Morgan fingerprint density at radius 3 is 0.716 bits per heavy atom. The molecule has 19 heteroatoms. The molecule has 0 aromatic carbocycles. The summed E-state index contributed by atoms with van der Waals surface area (Å²) in [4.78, 5) is 72.6. The summed E-state index contributed by atoms with van der Waals surface area (Å²) in [6, 6.07) is 0. The van der Waals surface area contributed by atoms with E-state index in [0.29, 0.717) is 25.7 Å². The molecular weight excluding hydrogens is 1250 g/mol. The summed E-state index contributed by atoms with van der Waals surface area (Å²) in [6.07, 6.45) is 58.5. The summed E-state index contributed by atoms with van der Waals surface area (Å²) >= 11 is 0. The lowest BCUT2D eigenvalue weighted by Gasteiger charge is -2.21. The largest absolute Gasteiger partial charge is 0.472 e. The number of ether oxygens (including phenoxy) is 4. The first-order valence-corrected chi connectivity index (χ1v) is 42.6. The molecule has 0 spiro atoms. The monoisotopic (exact) mass is 1400 g/mol. The minimum Gasteiger partial charge on any atom is -0.462 e. The lowest BCUT2D eigenvalue weighted by atomic mass is 10.0. The number of aliphatic hydroxyl groups excluding tert-OH is 1. The van der Waals surface area contributed by atoms with Gasteiger partial charge in [0.1, 0.15) is 19.3 Å². The number of phosphoric ester groups is 2. The fraction of sp³-hybridized carbons (Fsp3) is 0.947. The number of carbonyl (C=O) groups is 4. The number of rotatable bonds is 76. The summed E-state index contributed by atoms with van der Waals surface area (Å²) < 4.78 is 68.4. The van der Waals surface area contributed by atoms with Gasteiger partial charge in [-0.2, -0.15) is 0 Å². The van der Waals surface area contributed by atoms with Gasteiger partial charge < -0.3 is 33.8 Å². The Morgan fingerprint density at radius 1 is 0.284 bits per heavy atom. The molecule has 3 N–H and O–H groups in total. The van der Waals surface area contributed by atoms with Crippen LogP contribution < -0.4 is 0 Å². The third-order valence-corrected chi connectivity index (χ3v) is 19.7. The fourth-order valence-corrected chi connectivity index (χ4v) is 13.3. The van der Waals surface area contributed by atoms with Crippen molar-refractivity contribution >= 4 is 39.5 Å². The van der Waals surface area contributed by atoms with Gasteiger partial charge in [0.25, 0.3) is 0 Å². The summed E-state index contributed by atoms with van der Waals surface area (Å²) in [7, 11) is -9.90. The summed E-state index contributed by atoms with van der Waals surface area (Å²) in [5.74, 6) is -1.34. The molecule has 5 atom stereocenters. The van der Waals surface area contributed by atoms with Gasteiger partial charge in [-0.25, -0.2) is 9.13 Å². The standard InChI is InChI=1S/C76H148O17P2/c1-6-9-12-15-18-21-22-23-24-25-26-27-28-29-30-31-32-37-42-47-52-57-62-76(81)93-72(66-87-74(79)60-55-50-45-41-36-34-33-35-40-43-48-53-58-69(4)5)68-91-95(84,85)89-64-70(77)63-88-94(82,83)90-67-71(92-75(80)61-56-51-46-39-20-17-14-11-8-3)65-86-73(78)59-54-49-44-38-19-16-13-10-7-2/h69-72,77H,6-68H2,1-5H3,(H,82,83)(H,84,85)/t70-,71+,72+/m0/s1. The van der Waals surface area contributed by atoms with E-state index >= 15 is 0 Å². The highest BCUT2D eigenvalue weighted by atomic mass is 31.2. The molecule has 0 fully saturated rings. The average Bonchev–Trinajstić information content (AvgIpc) is 2.08. The van der Waals surface area contributed by atoms with Crippen LogP contribution in [0, 0.1) is 5.92 Å². The molecule has 95 heavy (non-hydrogen) atoms. The number of unbranched alkanes of at least 4 members (excludes halogenated alkanes) is 48. The van der Waals surface area contributed by atoms with E-state index in [2.05, 4.69) is 34.6 Å². The van der Waals surface area contributed by atoms with E-state index in [4.69, 9.17) is 37.0 Å². The van der Waals surface area contributed by atoms with E-state index in [0.717, 1.165) is 95.8 Å². The number of hydrogen-bond donors (Lipinski definition) is 3. The van der Waals surface area contributed by atoms with E-state index in [1.807, 2.05) is 0 Å². The van der Waals surface area contributed by atoms with E-state index in [1.54, 1.807) is 0 Å². The molecule has 0 aliphatic rings. The van der Waals surface area contributed by atoms with Gasteiger partial charge in [-0.1, -0.05) is 349 Å². The number of phosphoric acid groups is 2. The van der Waals surface area contributed by atoms with Gasteiger partial charge in [0, 0.05) is 25.7 Å². The van der Waals surface area contributed by atoms with Crippen molar-refractivity contribution in [3.8, 4) is 0 Å². The first-order valence-electron chi connectivity index (χ1n) is 39.6. The van der Waals surface area contributed by atoms with Crippen LogP contribution >= 0.6 is 15.6 Å². The van der Waals surface area contributed by atoms with Crippen molar-refractivity contribution in [2.75, 3.05) is 39.6 Å². The molecule has 0 rings (SSSR count). The molecule has 0 saturated heterocycles. The number of carbonyl (C=O) groups excluding carboxylic acids is 4. The van der Waals surface area contributed by atoms with Crippen LogP contribution in [0.3, 0.4) is 0 Å². The van der Waals surface area contributed by atoms with Crippen molar-refractivity contribution in [2.45, 2.75) is 419 Å². The molecular formula is C76H148O17P2. The van der Waals surface area contributed by atoms with Gasteiger partial charge >= 0.3 is 39.5 Å². The predicted molar refractivity (Wildman–Crippen MR) is 386 cm³/mol. The maximum atomic E-state index is 13.1. The predicted octanol–water partition coefficient (Wildman–Crippen LogP) is 22.5. The first-order chi connectivity index (χ1) is 46.0. The van der Waals surface area contributed by atoms with Gasteiger partial charge in [0.15, 0.2) is 12.2 Å². The summed E-state index contributed by atoms with van der Waals surface area (Å²) in [5, 5.41) is 10.6. The Kier molecular flexibility index (Phi) is 67.7. The van der Waals surface area contributed by atoms with Crippen LogP contribution in [-0.2, 0) is 65.4 Å². The molecule has 0 aliphatic heterocycles. The fourth-order valence-electron chi connectivity index (χ4n) is 11.7. The second-order valence-electron chi connectivity index (χ2n) is 27.9. The van der Waals surface area contributed by atoms with Gasteiger partial charge in [0.2, 0.25) is 0 Å². The van der Waals surface area contributed by atoms with Crippen LogP contribution in [0.1, 0.15) is 401 Å². The van der Waals surface area contributed by atoms with Gasteiger partial charge in [-0.3, -0.25) is 37.3 Å².